The van der Waals surface area contributed by atoms with Crippen molar-refractivity contribution in [3.63, 3.8) is 0 Å². The first kappa shape index (κ1) is 33.9. The molecule has 250 valence electrons. The Morgan fingerprint density at radius 3 is 1.91 bits per heavy atom. The number of carbonyl (C=O) groups is 4. The lowest BCUT2D eigenvalue weighted by Gasteiger charge is -2.40. The van der Waals surface area contributed by atoms with Crippen molar-refractivity contribution in [2.24, 2.45) is 22.7 Å². The van der Waals surface area contributed by atoms with E-state index in [0.717, 1.165) is 25.7 Å². The van der Waals surface area contributed by atoms with Gasteiger partial charge in [0, 0.05) is 41.3 Å². The van der Waals surface area contributed by atoms with E-state index < -0.39 is 46.2 Å². The van der Waals surface area contributed by atoms with Crippen LogP contribution in [0.15, 0.2) is 60.2 Å². The van der Waals surface area contributed by atoms with Crippen molar-refractivity contribution >= 4 is 23.8 Å². The molecule has 5 rings (SSSR count). The summed E-state index contributed by atoms with van der Waals surface area (Å²) in [5, 5.41) is 3.02. The number of amides is 1. The molecule has 2 aromatic rings. The zero-order valence-corrected chi connectivity index (χ0v) is 28.4. The standard InChI is InChI=1S/C38H45NO8/c1-8-9-10-11-12-19-39-32(40)23-13-16-26-29(20-23)38(47-33(26)41)27-17-14-24(44-34(42)36(2,3)4)21-30(27)46-31-22-25(15-18-28(31)38)45-35(43)37(5,6)7/h13-18,20-22,26,29H,8-12,19H2,1-7H3,(H,39,40). The molecular formula is C38H45NO8. The molecule has 1 saturated heterocycles. The van der Waals surface area contributed by atoms with Crippen molar-refractivity contribution in [1.29, 1.82) is 0 Å². The number of nitrogens with one attached hydrogen (secondary N) is 1. The van der Waals surface area contributed by atoms with Crippen LogP contribution in [0, 0.1) is 22.7 Å². The first-order chi connectivity index (χ1) is 22.1. The van der Waals surface area contributed by atoms with E-state index in [1.54, 1.807) is 90.1 Å². The number of hydrogen-bond donors (Lipinski definition) is 1. The fraction of sp³-hybridized carbons (Fsp3) is 0.474. The molecule has 1 N–H and O–H groups in total. The lowest BCUT2D eigenvalue weighted by atomic mass is 9.69. The third-order valence-corrected chi connectivity index (χ3v) is 8.63. The van der Waals surface area contributed by atoms with E-state index in [-0.39, 0.29) is 17.4 Å². The summed E-state index contributed by atoms with van der Waals surface area (Å²) in [4.78, 5) is 52.3. The maximum atomic E-state index is 13.5. The highest BCUT2D eigenvalue weighted by Gasteiger charge is 2.60. The van der Waals surface area contributed by atoms with Gasteiger partial charge in [-0.3, -0.25) is 19.2 Å². The highest BCUT2D eigenvalue weighted by Crippen LogP contribution is 2.60. The third kappa shape index (κ3) is 6.85. The van der Waals surface area contributed by atoms with E-state index in [1.165, 1.54) is 6.42 Å². The summed E-state index contributed by atoms with van der Waals surface area (Å²) < 4.78 is 24.1. The predicted molar refractivity (Wildman–Crippen MR) is 176 cm³/mol. The van der Waals surface area contributed by atoms with Crippen LogP contribution in [0.2, 0.25) is 0 Å². The average Bonchev–Trinajstić information content (AvgIpc) is 3.29. The van der Waals surface area contributed by atoms with Crippen LogP contribution in [0.25, 0.3) is 0 Å². The van der Waals surface area contributed by atoms with Crippen LogP contribution in [0.4, 0.5) is 0 Å². The van der Waals surface area contributed by atoms with Gasteiger partial charge in [0.05, 0.1) is 16.7 Å². The summed E-state index contributed by atoms with van der Waals surface area (Å²) in [7, 11) is 0. The van der Waals surface area contributed by atoms with Crippen molar-refractivity contribution in [3.8, 4) is 23.0 Å². The molecule has 0 radical (unpaired) electrons. The number of ether oxygens (including phenoxy) is 4. The summed E-state index contributed by atoms with van der Waals surface area (Å²) in [5.74, 6) is -1.62. The number of unbranched alkanes of at least 4 members (excludes halogenated alkanes) is 4. The molecule has 2 aromatic carbocycles. The third-order valence-electron chi connectivity index (χ3n) is 8.63. The molecule has 0 saturated carbocycles. The van der Waals surface area contributed by atoms with Crippen LogP contribution >= 0.6 is 0 Å². The Hall–Kier alpha value is -4.40. The molecule has 2 atom stereocenters. The second-order valence-corrected chi connectivity index (χ2v) is 14.6. The monoisotopic (exact) mass is 643 g/mol. The average molecular weight is 644 g/mol. The first-order valence-corrected chi connectivity index (χ1v) is 16.5. The van der Waals surface area contributed by atoms with Crippen LogP contribution in [0.5, 0.6) is 23.0 Å². The zero-order chi connectivity index (χ0) is 34.1. The minimum absolute atomic E-state index is 0.217. The summed E-state index contributed by atoms with van der Waals surface area (Å²) in [6, 6.07) is 9.94. The van der Waals surface area contributed by atoms with Gasteiger partial charge >= 0.3 is 17.9 Å². The van der Waals surface area contributed by atoms with Gasteiger partial charge in [0.2, 0.25) is 0 Å². The number of benzene rings is 2. The van der Waals surface area contributed by atoms with Crippen molar-refractivity contribution in [3.05, 3.63) is 71.3 Å². The smallest absolute Gasteiger partial charge is 0.316 e. The molecule has 2 unspecified atom stereocenters. The largest absolute Gasteiger partial charge is 0.456 e. The van der Waals surface area contributed by atoms with E-state index in [4.69, 9.17) is 18.9 Å². The van der Waals surface area contributed by atoms with E-state index in [1.807, 2.05) is 6.08 Å². The van der Waals surface area contributed by atoms with Crippen LogP contribution in [-0.4, -0.2) is 30.4 Å². The Morgan fingerprint density at radius 2 is 1.38 bits per heavy atom. The van der Waals surface area contributed by atoms with Crippen LogP contribution in [0.1, 0.15) is 91.7 Å². The highest BCUT2D eigenvalue weighted by molar-refractivity contribution is 5.97. The number of rotatable bonds is 9. The minimum atomic E-state index is -1.37. The second kappa shape index (κ2) is 13.0. The summed E-state index contributed by atoms with van der Waals surface area (Å²) in [6.07, 6.45) is 10.6. The van der Waals surface area contributed by atoms with Gasteiger partial charge in [-0.25, -0.2) is 0 Å². The van der Waals surface area contributed by atoms with Crippen LogP contribution in [0.3, 0.4) is 0 Å². The van der Waals surface area contributed by atoms with Crippen molar-refractivity contribution in [2.45, 2.75) is 86.2 Å². The number of esters is 3. The Balaban J connectivity index is 1.55. The Kier molecular flexibility index (Phi) is 9.40. The fourth-order valence-electron chi connectivity index (χ4n) is 5.92. The highest BCUT2D eigenvalue weighted by atomic mass is 16.6. The van der Waals surface area contributed by atoms with Gasteiger partial charge in [-0.1, -0.05) is 50.8 Å². The molecule has 1 aliphatic carbocycles. The van der Waals surface area contributed by atoms with E-state index >= 15 is 0 Å². The van der Waals surface area contributed by atoms with Crippen LogP contribution in [-0.2, 0) is 29.5 Å². The molecular weight excluding hydrogens is 598 g/mol. The van der Waals surface area contributed by atoms with E-state index in [0.29, 0.717) is 34.7 Å². The molecule has 9 nitrogen and oxygen atoms in total. The molecule has 0 aromatic heterocycles. The van der Waals surface area contributed by atoms with Crippen molar-refractivity contribution in [2.75, 3.05) is 6.54 Å². The molecule has 47 heavy (non-hydrogen) atoms. The quantitative estimate of drug-likeness (QED) is 0.172. The lowest BCUT2D eigenvalue weighted by molar-refractivity contribution is -0.148. The van der Waals surface area contributed by atoms with Gasteiger partial charge in [-0.2, -0.15) is 0 Å². The Bertz CT molecular complexity index is 1560. The summed E-state index contributed by atoms with van der Waals surface area (Å²) >= 11 is 0. The predicted octanol–water partition coefficient (Wildman–Crippen LogP) is 7.31. The van der Waals surface area contributed by atoms with Gasteiger partial charge < -0.3 is 24.3 Å². The van der Waals surface area contributed by atoms with Gasteiger partial charge in [-0.15, -0.1) is 0 Å². The van der Waals surface area contributed by atoms with Gasteiger partial charge in [0.15, 0.2) is 5.60 Å². The Morgan fingerprint density at radius 1 is 0.830 bits per heavy atom. The second-order valence-electron chi connectivity index (χ2n) is 14.6. The molecule has 3 aliphatic rings. The Labute approximate surface area is 276 Å². The number of carbonyl (C=O) groups excluding carboxylic acids is 4. The molecule has 0 bridgehead atoms. The normalized spacial score (nSPS) is 19.0. The molecule has 1 fully saturated rings. The van der Waals surface area contributed by atoms with Gasteiger partial charge in [-0.05, 0) is 72.2 Å². The van der Waals surface area contributed by atoms with Crippen molar-refractivity contribution < 1.29 is 38.1 Å². The van der Waals surface area contributed by atoms with E-state index in [9.17, 15) is 19.2 Å². The SMILES string of the molecule is CCCCCCCNC(=O)C1=CC2C(C=C1)C(=O)OC21c2ccc(OC(=O)C(C)(C)C)cc2Oc2cc(OC(=O)C(C)(C)C)ccc21. The van der Waals surface area contributed by atoms with Crippen molar-refractivity contribution in [1.82, 2.24) is 5.32 Å². The van der Waals surface area contributed by atoms with Gasteiger partial charge in [0.25, 0.3) is 5.91 Å². The maximum absolute atomic E-state index is 13.5. The lowest BCUT2D eigenvalue weighted by Crippen LogP contribution is -2.39. The topological polar surface area (TPSA) is 117 Å². The molecule has 9 heteroatoms. The molecule has 2 heterocycles. The summed E-state index contributed by atoms with van der Waals surface area (Å²) in [6.45, 7) is 13.3. The van der Waals surface area contributed by atoms with Crippen LogP contribution < -0.4 is 19.5 Å². The molecule has 1 amide bonds. The zero-order valence-electron chi connectivity index (χ0n) is 28.4. The minimum Gasteiger partial charge on any atom is -0.456 e. The summed E-state index contributed by atoms with van der Waals surface area (Å²) in [5.41, 5.74) is -1.32. The van der Waals surface area contributed by atoms with Gasteiger partial charge in [0.1, 0.15) is 23.0 Å². The molecule has 1 spiro atoms. The van der Waals surface area contributed by atoms with E-state index in [2.05, 4.69) is 12.2 Å². The fourth-order valence-corrected chi connectivity index (χ4v) is 5.92. The maximum Gasteiger partial charge on any atom is 0.316 e. The molecule has 2 aliphatic heterocycles. The first-order valence-electron chi connectivity index (χ1n) is 16.5. The number of hydrogen-bond acceptors (Lipinski definition) is 8. The number of fused-ring (bicyclic) bond motifs is 6.